The molecule has 0 unspecified atom stereocenters. The highest BCUT2D eigenvalue weighted by molar-refractivity contribution is 7.15. The Kier molecular flexibility index (Phi) is 7.54. The van der Waals surface area contributed by atoms with Crippen LogP contribution in [-0.4, -0.2) is 37.3 Å². The van der Waals surface area contributed by atoms with E-state index in [2.05, 4.69) is 24.1 Å². The van der Waals surface area contributed by atoms with Crippen molar-refractivity contribution in [2.24, 2.45) is 5.92 Å². The van der Waals surface area contributed by atoms with E-state index in [4.69, 9.17) is 9.47 Å². The summed E-state index contributed by atoms with van der Waals surface area (Å²) in [4.78, 5) is 16.8. The van der Waals surface area contributed by atoms with Crippen LogP contribution in [-0.2, 0) is 9.47 Å². The lowest BCUT2D eigenvalue weighted by Crippen LogP contribution is -2.09. The summed E-state index contributed by atoms with van der Waals surface area (Å²) in [6.45, 7) is 10.6. The third-order valence-corrected chi connectivity index (χ3v) is 3.39. The van der Waals surface area contributed by atoms with Crippen molar-refractivity contribution < 1.29 is 14.3 Å². The van der Waals surface area contributed by atoms with E-state index >= 15 is 0 Å². The van der Waals surface area contributed by atoms with E-state index in [1.807, 2.05) is 6.92 Å². The van der Waals surface area contributed by atoms with Gasteiger partial charge in [0.1, 0.15) is 0 Å². The molecule has 0 saturated carbocycles. The van der Waals surface area contributed by atoms with Gasteiger partial charge >= 0.3 is 5.97 Å². The number of esters is 1. The summed E-state index contributed by atoms with van der Waals surface area (Å²) in [5.74, 6) is 0.214. The van der Waals surface area contributed by atoms with Gasteiger partial charge in [-0.1, -0.05) is 13.8 Å². The molecule has 0 spiro atoms. The van der Waals surface area contributed by atoms with Gasteiger partial charge in [-0.15, -0.1) is 11.3 Å². The number of anilines is 1. The molecule has 1 aromatic rings. The smallest absolute Gasteiger partial charge is 0.358 e. The van der Waals surface area contributed by atoms with E-state index < -0.39 is 0 Å². The number of aryl methyl sites for hydroxylation is 1. The summed E-state index contributed by atoms with van der Waals surface area (Å²) in [5.41, 5.74) is 0.412. The van der Waals surface area contributed by atoms with E-state index in [-0.39, 0.29) is 5.97 Å². The molecule has 6 heteroatoms. The van der Waals surface area contributed by atoms with Gasteiger partial charge in [0.25, 0.3) is 0 Å². The summed E-state index contributed by atoms with van der Waals surface area (Å²) >= 11 is 1.47. The molecule has 0 atom stereocenters. The molecule has 0 aliphatic heterocycles. The second kappa shape index (κ2) is 8.92. The van der Waals surface area contributed by atoms with Crippen LogP contribution in [0.15, 0.2) is 0 Å². The van der Waals surface area contributed by atoms with Gasteiger partial charge in [-0.05, 0) is 26.2 Å². The van der Waals surface area contributed by atoms with Crippen LogP contribution in [0.1, 0.15) is 42.6 Å². The number of ether oxygens (including phenoxy) is 2. The zero-order valence-electron chi connectivity index (χ0n) is 12.7. The number of rotatable bonds is 9. The highest BCUT2D eigenvalue weighted by atomic mass is 32.1. The summed E-state index contributed by atoms with van der Waals surface area (Å²) in [6, 6.07) is 0. The second-order valence-electron chi connectivity index (χ2n) is 4.89. The summed E-state index contributed by atoms with van der Waals surface area (Å²) < 4.78 is 10.5. The van der Waals surface area contributed by atoms with Crippen LogP contribution in [0, 0.1) is 12.8 Å². The molecule has 20 heavy (non-hydrogen) atoms. The molecule has 114 valence electrons. The molecule has 0 radical (unpaired) electrons. The number of hydrogen-bond acceptors (Lipinski definition) is 6. The lowest BCUT2D eigenvalue weighted by molar-refractivity contribution is 0.0519. The van der Waals surface area contributed by atoms with Crippen LogP contribution >= 0.6 is 11.3 Å². The van der Waals surface area contributed by atoms with Crippen molar-refractivity contribution in [1.82, 2.24) is 4.98 Å². The topological polar surface area (TPSA) is 60.5 Å². The number of nitrogens with one attached hydrogen (secondary N) is 1. The Hall–Kier alpha value is -1.14. The number of nitrogens with zero attached hydrogens (tertiary/aromatic N) is 1. The lowest BCUT2D eigenvalue weighted by atomic mass is 10.2. The molecule has 0 aliphatic carbocycles. The molecule has 0 aliphatic rings. The Labute approximate surface area is 124 Å². The van der Waals surface area contributed by atoms with Gasteiger partial charge in [0.15, 0.2) is 10.8 Å². The van der Waals surface area contributed by atoms with Crippen LogP contribution in [0.4, 0.5) is 5.13 Å². The Morgan fingerprint density at radius 1 is 1.45 bits per heavy atom. The maximum absolute atomic E-state index is 11.6. The van der Waals surface area contributed by atoms with Gasteiger partial charge in [0.05, 0.1) is 6.61 Å². The van der Waals surface area contributed by atoms with Gasteiger partial charge in [0.2, 0.25) is 0 Å². The minimum atomic E-state index is -0.352. The standard InChI is InChI=1S/C14H24N2O3S/c1-5-19-13(17)12-11(4)20-14(16-12)15-7-6-8-18-9-10(2)3/h10H,5-9H2,1-4H3,(H,15,16). The first-order valence-electron chi connectivity index (χ1n) is 7.00. The predicted octanol–water partition coefficient (Wildman–Crippen LogP) is 3.10. The van der Waals surface area contributed by atoms with Crippen molar-refractivity contribution in [3.05, 3.63) is 10.6 Å². The van der Waals surface area contributed by atoms with Gasteiger partial charge in [0, 0.05) is 24.6 Å². The van der Waals surface area contributed by atoms with Crippen LogP contribution < -0.4 is 5.32 Å². The van der Waals surface area contributed by atoms with Gasteiger partial charge in [-0.2, -0.15) is 0 Å². The molecule has 0 amide bonds. The number of carbonyl (C=O) groups excluding carboxylic acids is 1. The third-order valence-electron chi connectivity index (χ3n) is 2.46. The normalized spacial score (nSPS) is 10.8. The number of aromatic nitrogens is 1. The number of thiazole rings is 1. The minimum absolute atomic E-state index is 0.352. The molecule has 0 aromatic carbocycles. The van der Waals surface area contributed by atoms with Crippen LogP contribution in [0.3, 0.4) is 0 Å². The van der Waals surface area contributed by atoms with Crippen molar-refractivity contribution in [2.45, 2.75) is 34.1 Å². The van der Waals surface area contributed by atoms with Crippen molar-refractivity contribution in [3.63, 3.8) is 0 Å². The molecule has 5 nitrogen and oxygen atoms in total. The maximum Gasteiger partial charge on any atom is 0.358 e. The van der Waals surface area contributed by atoms with Crippen molar-refractivity contribution in [2.75, 3.05) is 31.7 Å². The summed E-state index contributed by atoms with van der Waals surface area (Å²) in [5, 5.41) is 3.97. The predicted molar refractivity (Wildman–Crippen MR) is 81.6 cm³/mol. The Bertz CT molecular complexity index is 419. The SMILES string of the molecule is CCOC(=O)c1nc(NCCCOCC(C)C)sc1C. The molecular weight excluding hydrogens is 276 g/mol. The Morgan fingerprint density at radius 3 is 2.85 bits per heavy atom. The highest BCUT2D eigenvalue weighted by Crippen LogP contribution is 2.22. The number of hydrogen-bond donors (Lipinski definition) is 1. The molecular formula is C14H24N2O3S. The van der Waals surface area contributed by atoms with Crippen LogP contribution in [0.5, 0.6) is 0 Å². The van der Waals surface area contributed by atoms with Crippen LogP contribution in [0.2, 0.25) is 0 Å². The van der Waals surface area contributed by atoms with Gasteiger partial charge < -0.3 is 14.8 Å². The fraction of sp³-hybridized carbons (Fsp3) is 0.714. The largest absolute Gasteiger partial charge is 0.461 e. The van der Waals surface area contributed by atoms with Gasteiger partial charge in [-0.3, -0.25) is 0 Å². The molecule has 1 rings (SSSR count). The molecule has 0 bridgehead atoms. The molecule has 1 heterocycles. The monoisotopic (exact) mass is 300 g/mol. The van der Waals surface area contributed by atoms with E-state index in [0.717, 1.165) is 36.2 Å². The quantitative estimate of drug-likeness (QED) is 0.561. The molecule has 1 aromatic heterocycles. The first kappa shape index (κ1) is 16.9. The summed E-state index contributed by atoms with van der Waals surface area (Å²) in [7, 11) is 0. The first-order chi connectivity index (χ1) is 9.54. The minimum Gasteiger partial charge on any atom is -0.461 e. The highest BCUT2D eigenvalue weighted by Gasteiger charge is 2.15. The second-order valence-corrected chi connectivity index (χ2v) is 6.10. The Balaban J connectivity index is 2.31. The average molecular weight is 300 g/mol. The molecule has 1 N–H and O–H groups in total. The van der Waals surface area contributed by atoms with E-state index in [1.165, 1.54) is 11.3 Å². The number of carbonyl (C=O) groups is 1. The van der Waals surface area contributed by atoms with E-state index in [1.54, 1.807) is 6.92 Å². The molecule has 0 fully saturated rings. The average Bonchev–Trinajstić information content (AvgIpc) is 2.75. The fourth-order valence-electron chi connectivity index (χ4n) is 1.55. The maximum atomic E-state index is 11.6. The third kappa shape index (κ3) is 5.88. The van der Waals surface area contributed by atoms with E-state index in [0.29, 0.717) is 18.2 Å². The molecule has 0 saturated heterocycles. The zero-order valence-corrected chi connectivity index (χ0v) is 13.5. The fourth-order valence-corrected chi connectivity index (χ4v) is 2.38. The van der Waals surface area contributed by atoms with E-state index in [9.17, 15) is 4.79 Å². The van der Waals surface area contributed by atoms with Crippen molar-refractivity contribution in [3.8, 4) is 0 Å². The van der Waals surface area contributed by atoms with Crippen molar-refractivity contribution >= 4 is 22.4 Å². The first-order valence-corrected chi connectivity index (χ1v) is 7.82. The summed E-state index contributed by atoms with van der Waals surface area (Å²) in [6.07, 6.45) is 0.917. The lowest BCUT2D eigenvalue weighted by Gasteiger charge is -2.06. The Morgan fingerprint density at radius 2 is 2.20 bits per heavy atom. The van der Waals surface area contributed by atoms with Crippen molar-refractivity contribution in [1.29, 1.82) is 0 Å². The van der Waals surface area contributed by atoms with Crippen LogP contribution in [0.25, 0.3) is 0 Å². The van der Waals surface area contributed by atoms with Gasteiger partial charge in [-0.25, -0.2) is 9.78 Å². The zero-order chi connectivity index (χ0) is 15.0.